The van der Waals surface area contributed by atoms with Crippen LogP contribution in [0.4, 0.5) is 4.39 Å². The van der Waals surface area contributed by atoms with Crippen LogP contribution < -0.4 is 0 Å². The molecule has 0 radical (unpaired) electrons. The Balaban J connectivity index is 1.99. The summed E-state index contributed by atoms with van der Waals surface area (Å²) in [5.74, 6) is 0.577. The van der Waals surface area contributed by atoms with E-state index in [1.807, 2.05) is 12.1 Å². The largest absolute Gasteiger partial charge is 0.207 e. The minimum absolute atomic E-state index is 0.139. The van der Waals surface area contributed by atoms with Crippen molar-refractivity contribution in [1.29, 1.82) is 0 Å². The van der Waals surface area contributed by atoms with Crippen LogP contribution in [0.25, 0.3) is 0 Å². The molecule has 0 N–H and O–H groups in total. The summed E-state index contributed by atoms with van der Waals surface area (Å²) < 4.78 is 12.8. The van der Waals surface area contributed by atoms with Gasteiger partial charge in [0.15, 0.2) is 0 Å². The van der Waals surface area contributed by atoms with Gasteiger partial charge < -0.3 is 0 Å². The van der Waals surface area contributed by atoms with Crippen molar-refractivity contribution in [2.75, 3.05) is 0 Å². The Morgan fingerprint density at radius 2 is 1.75 bits per heavy atom. The van der Waals surface area contributed by atoms with Gasteiger partial charge in [-0.1, -0.05) is 47.3 Å². The van der Waals surface area contributed by atoms with E-state index in [2.05, 4.69) is 15.9 Å². The summed E-state index contributed by atoms with van der Waals surface area (Å²) in [6.45, 7) is 0. The highest BCUT2D eigenvalue weighted by atomic mass is 79.9. The topological polar surface area (TPSA) is 0 Å². The Morgan fingerprint density at radius 3 is 2.50 bits per heavy atom. The summed E-state index contributed by atoms with van der Waals surface area (Å²) in [6, 6.07) is 6.96. The van der Waals surface area contributed by atoms with Crippen LogP contribution in [-0.2, 0) is 6.42 Å². The number of alkyl halides is 1. The molecule has 2 atom stereocenters. The molecular formula is C14H18BrF. The van der Waals surface area contributed by atoms with E-state index < -0.39 is 0 Å². The Labute approximate surface area is 105 Å². The van der Waals surface area contributed by atoms with Crippen LogP contribution in [0, 0.1) is 11.7 Å². The second-order valence-corrected chi connectivity index (χ2v) is 5.92. The predicted molar refractivity (Wildman–Crippen MR) is 69.4 cm³/mol. The Hall–Kier alpha value is -0.370. The summed E-state index contributed by atoms with van der Waals surface area (Å²) in [7, 11) is 0. The normalized spacial score (nSPS) is 26.4. The van der Waals surface area contributed by atoms with Gasteiger partial charge in [0.2, 0.25) is 0 Å². The molecule has 1 aromatic rings. The Bertz CT molecular complexity index is 320. The maximum atomic E-state index is 12.8. The molecule has 1 saturated carbocycles. The predicted octanol–water partition coefficient (Wildman–Crippen LogP) is 4.71. The maximum Gasteiger partial charge on any atom is 0.123 e. The zero-order valence-electron chi connectivity index (χ0n) is 9.46. The van der Waals surface area contributed by atoms with E-state index in [9.17, 15) is 4.39 Å². The molecule has 1 aliphatic carbocycles. The lowest BCUT2D eigenvalue weighted by molar-refractivity contribution is 0.475. The maximum absolute atomic E-state index is 12.8. The van der Waals surface area contributed by atoms with Crippen LogP contribution in [0.5, 0.6) is 0 Å². The highest BCUT2D eigenvalue weighted by Gasteiger charge is 2.21. The third-order valence-electron chi connectivity index (χ3n) is 3.48. The van der Waals surface area contributed by atoms with Gasteiger partial charge in [-0.2, -0.15) is 0 Å². The first-order valence-corrected chi connectivity index (χ1v) is 7.06. The number of benzene rings is 1. The quantitative estimate of drug-likeness (QED) is 0.545. The van der Waals surface area contributed by atoms with E-state index in [1.165, 1.54) is 37.7 Å². The molecule has 0 aliphatic heterocycles. The van der Waals surface area contributed by atoms with Gasteiger partial charge in [0.1, 0.15) is 5.82 Å². The van der Waals surface area contributed by atoms with Crippen molar-refractivity contribution in [3.05, 3.63) is 35.6 Å². The van der Waals surface area contributed by atoms with Crippen LogP contribution >= 0.6 is 15.9 Å². The molecule has 2 unspecified atom stereocenters. The molecule has 2 heteroatoms. The molecule has 0 saturated heterocycles. The van der Waals surface area contributed by atoms with Gasteiger partial charge in [-0.15, -0.1) is 0 Å². The lowest BCUT2D eigenvalue weighted by Crippen LogP contribution is -2.15. The Morgan fingerprint density at radius 1 is 1.06 bits per heavy atom. The fourth-order valence-corrected chi connectivity index (χ4v) is 3.27. The van der Waals surface area contributed by atoms with E-state index in [1.54, 1.807) is 12.1 Å². The average Bonchev–Trinajstić information content (AvgIpc) is 2.48. The van der Waals surface area contributed by atoms with Gasteiger partial charge in [-0.3, -0.25) is 0 Å². The fraction of sp³-hybridized carbons (Fsp3) is 0.571. The summed E-state index contributed by atoms with van der Waals surface area (Å²) in [5.41, 5.74) is 1.26. The Kier molecular flexibility index (Phi) is 4.39. The molecule has 0 nitrogen and oxygen atoms in total. The van der Waals surface area contributed by atoms with Crippen molar-refractivity contribution in [2.45, 2.75) is 43.4 Å². The molecule has 16 heavy (non-hydrogen) atoms. The van der Waals surface area contributed by atoms with Crippen molar-refractivity contribution >= 4 is 15.9 Å². The number of hydrogen-bond donors (Lipinski definition) is 0. The van der Waals surface area contributed by atoms with Crippen LogP contribution in [-0.4, -0.2) is 4.83 Å². The van der Waals surface area contributed by atoms with E-state index >= 15 is 0 Å². The van der Waals surface area contributed by atoms with E-state index in [0.717, 1.165) is 6.42 Å². The van der Waals surface area contributed by atoms with E-state index in [0.29, 0.717) is 10.7 Å². The lowest BCUT2D eigenvalue weighted by atomic mass is 9.92. The summed E-state index contributed by atoms with van der Waals surface area (Å²) in [5, 5.41) is 0. The summed E-state index contributed by atoms with van der Waals surface area (Å²) in [4.78, 5) is 0.639. The van der Waals surface area contributed by atoms with Crippen molar-refractivity contribution in [3.8, 4) is 0 Å². The van der Waals surface area contributed by atoms with Crippen LogP contribution in [0.1, 0.15) is 37.7 Å². The van der Waals surface area contributed by atoms with E-state index in [4.69, 9.17) is 0 Å². The molecule has 1 aromatic carbocycles. The summed E-state index contributed by atoms with van der Waals surface area (Å²) in [6.07, 6.45) is 7.71. The molecule has 0 spiro atoms. The van der Waals surface area contributed by atoms with Crippen LogP contribution in [0.2, 0.25) is 0 Å². The molecule has 0 heterocycles. The van der Waals surface area contributed by atoms with Crippen molar-refractivity contribution in [2.24, 2.45) is 5.92 Å². The lowest BCUT2D eigenvalue weighted by Gasteiger charge is -2.19. The SMILES string of the molecule is Fc1ccc(CC2CCCCCC2Br)cc1. The van der Waals surface area contributed by atoms with Gasteiger partial charge in [0, 0.05) is 4.83 Å². The van der Waals surface area contributed by atoms with Crippen molar-refractivity contribution in [3.63, 3.8) is 0 Å². The second kappa shape index (κ2) is 5.81. The van der Waals surface area contributed by atoms with Gasteiger partial charge in [0.05, 0.1) is 0 Å². The molecule has 0 aromatic heterocycles. The first kappa shape index (κ1) is 12.1. The molecular weight excluding hydrogens is 267 g/mol. The minimum Gasteiger partial charge on any atom is -0.207 e. The van der Waals surface area contributed by atoms with Crippen molar-refractivity contribution in [1.82, 2.24) is 0 Å². The first-order valence-electron chi connectivity index (χ1n) is 6.14. The molecule has 2 rings (SSSR count). The van der Waals surface area contributed by atoms with Gasteiger partial charge >= 0.3 is 0 Å². The second-order valence-electron chi connectivity index (χ2n) is 4.74. The monoisotopic (exact) mass is 284 g/mol. The fourth-order valence-electron chi connectivity index (χ4n) is 2.49. The molecule has 0 amide bonds. The average molecular weight is 285 g/mol. The van der Waals surface area contributed by atoms with Crippen molar-refractivity contribution < 1.29 is 4.39 Å². The van der Waals surface area contributed by atoms with Gasteiger partial charge in [0.25, 0.3) is 0 Å². The van der Waals surface area contributed by atoms with E-state index in [-0.39, 0.29) is 5.82 Å². The molecule has 1 fully saturated rings. The molecule has 1 aliphatic rings. The number of hydrogen-bond acceptors (Lipinski definition) is 0. The zero-order chi connectivity index (χ0) is 11.4. The van der Waals surface area contributed by atoms with Crippen LogP contribution in [0.15, 0.2) is 24.3 Å². The number of halogens is 2. The first-order chi connectivity index (χ1) is 7.75. The molecule has 0 bridgehead atoms. The number of rotatable bonds is 2. The third-order valence-corrected chi connectivity index (χ3v) is 4.68. The smallest absolute Gasteiger partial charge is 0.123 e. The highest BCUT2D eigenvalue weighted by molar-refractivity contribution is 9.09. The van der Waals surface area contributed by atoms with Gasteiger partial charge in [-0.25, -0.2) is 4.39 Å². The molecule has 88 valence electrons. The highest BCUT2D eigenvalue weighted by Crippen LogP contribution is 2.31. The third kappa shape index (κ3) is 3.31. The van der Waals surface area contributed by atoms with Gasteiger partial charge in [-0.05, 0) is 42.9 Å². The van der Waals surface area contributed by atoms with Crippen LogP contribution in [0.3, 0.4) is 0 Å². The standard InChI is InChI=1S/C14H18BrF/c15-14-5-3-1-2-4-12(14)10-11-6-8-13(16)9-7-11/h6-9,12,14H,1-5,10H2. The zero-order valence-corrected chi connectivity index (χ0v) is 11.0. The minimum atomic E-state index is -0.139. The summed E-state index contributed by atoms with van der Waals surface area (Å²) >= 11 is 3.80.